The van der Waals surface area contributed by atoms with Crippen molar-refractivity contribution in [3.8, 4) is 5.75 Å². The third-order valence-electron chi connectivity index (χ3n) is 5.31. The summed E-state index contributed by atoms with van der Waals surface area (Å²) in [6, 6.07) is 15.6. The summed E-state index contributed by atoms with van der Waals surface area (Å²) in [5.74, 6) is 0.595. The first-order valence-corrected chi connectivity index (χ1v) is 9.20. The first-order chi connectivity index (χ1) is 12.9. The molecule has 5 nitrogen and oxygen atoms in total. The number of benzene rings is 2. The maximum atomic E-state index is 13.0. The smallest absolute Gasteiger partial charge is 0.245 e. The number of amides is 2. The zero-order valence-corrected chi connectivity index (χ0v) is 16.1. The van der Waals surface area contributed by atoms with E-state index in [1.165, 1.54) is 5.56 Å². The van der Waals surface area contributed by atoms with E-state index in [0.29, 0.717) is 25.9 Å². The Morgan fingerprint density at radius 2 is 1.89 bits per heavy atom. The zero-order valence-electron chi connectivity index (χ0n) is 16.1. The fourth-order valence-electron chi connectivity index (χ4n) is 3.48. The number of ether oxygens (including phenoxy) is 1. The Bertz CT molecular complexity index is 832. The quantitative estimate of drug-likeness (QED) is 0.854. The molecule has 0 spiro atoms. The van der Waals surface area contributed by atoms with E-state index in [1.807, 2.05) is 62.4 Å². The molecule has 1 saturated heterocycles. The second-order valence-electron chi connectivity index (χ2n) is 7.23. The Balaban J connectivity index is 1.74. The molecule has 0 saturated carbocycles. The number of carbonyl (C=O) groups excluding carboxylic acids is 2. The largest absolute Gasteiger partial charge is 0.496 e. The van der Waals surface area contributed by atoms with Crippen LogP contribution in [0.5, 0.6) is 5.75 Å². The first-order valence-electron chi connectivity index (χ1n) is 9.20. The number of para-hydroxylation sites is 1. The zero-order chi connectivity index (χ0) is 19.4. The van der Waals surface area contributed by atoms with Gasteiger partial charge in [0, 0.05) is 18.5 Å². The Kier molecular flexibility index (Phi) is 5.49. The van der Waals surface area contributed by atoms with Crippen LogP contribution in [0.25, 0.3) is 0 Å². The van der Waals surface area contributed by atoms with Gasteiger partial charge in [-0.05, 0) is 31.9 Å². The lowest BCUT2D eigenvalue weighted by Crippen LogP contribution is -2.53. The third-order valence-corrected chi connectivity index (χ3v) is 5.31. The van der Waals surface area contributed by atoms with Gasteiger partial charge in [0.15, 0.2) is 0 Å². The molecule has 0 aromatic heterocycles. The fraction of sp³-hybridized carbons (Fsp3) is 0.364. The van der Waals surface area contributed by atoms with Crippen LogP contribution in [-0.2, 0) is 22.7 Å². The van der Waals surface area contributed by atoms with Crippen molar-refractivity contribution in [1.82, 2.24) is 10.2 Å². The standard InChI is InChI=1S/C22H26N2O3/c1-16-8-10-17(11-9-16)14-23-21(26)22(2)13-12-20(25)24(22)15-18-6-4-5-7-19(18)27-3/h4-11H,12-15H2,1-3H3,(H,23,26). The second-order valence-corrected chi connectivity index (χ2v) is 7.23. The first kappa shape index (κ1) is 19.0. The fourth-order valence-corrected chi connectivity index (χ4v) is 3.48. The van der Waals surface area contributed by atoms with Crippen LogP contribution in [0, 0.1) is 6.92 Å². The molecule has 5 heteroatoms. The molecule has 27 heavy (non-hydrogen) atoms. The number of nitrogens with zero attached hydrogens (tertiary/aromatic N) is 1. The molecule has 2 amide bonds. The highest BCUT2D eigenvalue weighted by Gasteiger charge is 2.47. The van der Waals surface area contributed by atoms with Crippen LogP contribution < -0.4 is 10.1 Å². The SMILES string of the molecule is COc1ccccc1CN1C(=O)CCC1(C)C(=O)NCc1ccc(C)cc1. The van der Waals surface area contributed by atoms with Gasteiger partial charge in [-0.2, -0.15) is 0 Å². The summed E-state index contributed by atoms with van der Waals surface area (Å²) < 4.78 is 5.40. The van der Waals surface area contributed by atoms with Crippen molar-refractivity contribution in [2.45, 2.75) is 45.3 Å². The highest BCUT2D eigenvalue weighted by atomic mass is 16.5. The van der Waals surface area contributed by atoms with Gasteiger partial charge in [0.05, 0.1) is 13.7 Å². The van der Waals surface area contributed by atoms with Gasteiger partial charge in [-0.15, -0.1) is 0 Å². The van der Waals surface area contributed by atoms with Crippen molar-refractivity contribution in [2.24, 2.45) is 0 Å². The van der Waals surface area contributed by atoms with Crippen molar-refractivity contribution < 1.29 is 14.3 Å². The minimum atomic E-state index is -0.858. The molecule has 1 aliphatic rings. The Hall–Kier alpha value is -2.82. The lowest BCUT2D eigenvalue weighted by molar-refractivity contribution is -0.141. The Morgan fingerprint density at radius 3 is 2.59 bits per heavy atom. The number of methoxy groups -OCH3 is 1. The summed E-state index contributed by atoms with van der Waals surface area (Å²) >= 11 is 0. The molecular weight excluding hydrogens is 340 g/mol. The molecule has 1 atom stereocenters. The van der Waals surface area contributed by atoms with Gasteiger partial charge < -0.3 is 15.0 Å². The number of hydrogen-bond acceptors (Lipinski definition) is 3. The molecule has 0 aliphatic carbocycles. The van der Waals surface area contributed by atoms with Crippen molar-refractivity contribution in [3.05, 3.63) is 65.2 Å². The van der Waals surface area contributed by atoms with Crippen LogP contribution in [0.2, 0.25) is 0 Å². The molecule has 1 N–H and O–H groups in total. The van der Waals surface area contributed by atoms with Gasteiger partial charge in [-0.3, -0.25) is 9.59 Å². The van der Waals surface area contributed by atoms with E-state index in [9.17, 15) is 9.59 Å². The van der Waals surface area contributed by atoms with E-state index in [4.69, 9.17) is 4.74 Å². The summed E-state index contributed by atoms with van der Waals surface area (Å²) in [4.78, 5) is 27.2. The van der Waals surface area contributed by atoms with Crippen LogP contribution in [0.1, 0.15) is 36.5 Å². The molecule has 0 bridgehead atoms. The predicted octanol–water partition coefficient (Wildman–Crippen LogP) is 3.20. The molecule has 1 aliphatic heterocycles. The second kappa shape index (κ2) is 7.82. The minimum Gasteiger partial charge on any atom is -0.496 e. The Morgan fingerprint density at radius 1 is 1.19 bits per heavy atom. The van der Waals surface area contributed by atoms with E-state index < -0.39 is 5.54 Å². The average molecular weight is 366 g/mol. The Labute approximate surface area is 160 Å². The van der Waals surface area contributed by atoms with Gasteiger partial charge in [-0.25, -0.2) is 0 Å². The summed E-state index contributed by atoms with van der Waals surface area (Å²) in [5.41, 5.74) is 2.26. The van der Waals surface area contributed by atoms with E-state index in [-0.39, 0.29) is 11.8 Å². The van der Waals surface area contributed by atoms with E-state index in [0.717, 1.165) is 16.9 Å². The number of rotatable bonds is 6. The summed E-state index contributed by atoms with van der Waals surface area (Å²) in [7, 11) is 1.61. The summed E-state index contributed by atoms with van der Waals surface area (Å²) in [6.07, 6.45) is 0.893. The van der Waals surface area contributed by atoms with E-state index in [2.05, 4.69) is 5.32 Å². The molecule has 0 radical (unpaired) electrons. The highest BCUT2D eigenvalue weighted by Crippen LogP contribution is 2.33. The molecule has 2 aromatic rings. The molecule has 2 aromatic carbocycles. The van der Waals surface area contributed by atoms with Crippen LogP contribution >= 0.6 is 0 Å². The summed E-state index contributed by atoms with van der Waals surface area (Å²) in [5, 5.41) is 3.00. The normalized spacial score (nSPS) is 19.2. The van der Waals surface area contributed by atoms with Crippen molar-refractivity contribution in [2.75, 3.05) is 7.11 Å². The maximum Gasteiger partial charge on any atom is 0.245 e. The molecule has 142 valence electrons. The van der Waals surface area contributed by atoms with Crippen LogP contribution in [-0.4, -0.2) is 29.4 Å². The van der Waals surface area contributed by atoms with Gasteiger partial charge in [-0.1, -0.05) is 48.0 Å². The van der Waals surface area contributed by atoms with E-state index >= 15 is 0 Å². The number of hydrogen-bond donors (Lipinski definition) is 1. The number of likely N-dealkylation sites (tertiary alicyclic amines) is 1. The van der Waals surface area contributed by atoms with Crippen LogP contribution in [0.15, 0.2) is 48.5 Å². The molecular formula is C22H26N2O3. The molecule has 1 fully saturated rings. The number of aryl methyl sites for hydroxylation is 1. The topological polar surface area (TPSA) is 58.6 Å². The van der Waals surface area contributed by atoms with Gasteiger partial charge in [0.1, 0.15) is 11.3 Å². The average Bonchev–Trinajstić information content (AvgIpc) is 2.97. The molecule has 1 unspecified atom stereocenters. The van der Waals surface area contributed by atoms with Crippen molar-refractivity contribution >= 4 is 11.8 Å². The lowest BCUT2D eigenvalue weighted by atomic mass is 9.96. The molecule has 1 heterocycles. The van der Waals surface area contributed by atoms with Crippen molar-refractivity contribution in [3.63, 3.8) is 0 Å². The summed E-state index contributed by atoms with van der Waals surface area (Å²) in [6.45, 7) is 4.68. The van der Waals surface area contributed by atoms with Crippen molar-refractivity contribution in [1.29, 1.82) is 0 Å². The lowest BCUT2D eigenvalue weighted by Gasteiger charge is -2.34. The molecule has 3 rings (SSSR count). The number of carbonyl (C=O) groups is 2. The van der Waals surface area contributed by atoms with Crippen LogP contribution in [0.3, 0.4) is 0 Å². The van der Waals surface area contributed by atoms with Gasteiger partial charge in [0.2, 0.25) is 11.8 Å². The van der Waals surface area contributed by atoms with Gasteiger partial charge in [0.25, 0.3) is 0 Å². The van der Waals surface area contributed by atoms with Gasteiger partial charge >= 0.3 is 0 Å². The number of nitrogens with one attached hydrogen (secondary N) is 1. The van der Waals surface area contributed by atoms with Crippen LogP contribution in [0.4, 0.5) is 0 Å². The highest BCUT2D eigenvalue weighted by molar-refractivity contribution is 5.94. The monoisotopic (exact) mass is 366 g/mol. The maximum absolute atomic E-state index is 13.0. The predicted molar refractivity (Wildman–Crippen MR) is 104 cm³/mol. The van der Waals surface area contributed by atoms with E-state index in [1.54, 1.807) is 12.0 Å². The minimum absolute atomic E-state index is 0.00566. The third kappa shape index (κ3) is 3.97.